The van der Waals surface area contributed by atoms with Crippen molar-refractivity contribution in [1.29, 1.82) is 0 Å². The van der Waals surface area contributed by atoms with Crippen molar-refractivity contribution in [3.8, 4) is 0 Å². The summed E-state index contributed by atoms with van der Waals surface area (Å²) in [6, 6.07) is 5.90. The second kappa shape index (κ2) is 8.87. The Hall–Kier alpha value is -1.88. The van der Waals surface area contributed by atoms with Crippen LogP contribution in [0.1, 0.15) is 50.2 Å². The van der Waals surface area contributed by atoms with Crippen LogP contribution in [0.3, 0.4) is 0 Å². The predicted molar refractivity (Wildman–Crippen MR) is 109 cm³/mol. The Morgan fingerprint density at radius 1 is 1.11 bits per heavy atom. The lowest BCUT2D eigenvalue weighted by molar-refractivity contribution is -0.134. The Morgan fingerprint density at radius 3 is 2.44 bits per heavy atom. The van der Waals surface area contributed by atoms with Gasteiger partial charge >= 0.3 is 0 Å². The molecule has 2 fully saturated rings. The van der Waals surface area contributed by atoms with Crippen LogP contribution in [-0.4, -0.2) is 53.8 Å². The molecule has 1 atom stereocenters. The Kier molecular flexibility index (Phi) is 6.53. The molecule has 1 heterocycles. The molecule has 1 aliphatic heterocycles. The van der Waals surface area contributed by atoms with Crippen LogP contribution in [0.25, 0.3) is 0 Å². The maximum atomic E-state index is 12.7. The lowest BCUT2D eigenvalue weighted by Gasteiger charge is -2.37. The summed E-state index contributed by atoms with van der Waals surface area (Å²) in [4.78, 5) is 29.4. The molecule has 5 heteroatoms. The zero-order chi connectivity index (χ0) is 19.4. The van der Waals surface area contributed by atoms with Gasteiger partial charge in [-0.1, -0.05) is 25.0 Å². The number of piperazine rings is 1. The van der Waals surface area contributed by atoms with Gasteiger partial charge in [0.1, 0.15) is 0 Å². The van der Waals surface area contributed by atoms with Crippen LogP contribution in [0.5, 0.6) is 0 Å². The van der Waals surface area contributed by atoms with Crippen LogP contribution < -0.4 is 5.32 Å². The highest BCUT2D eigenvalue weighted by Gasteiger charge is 2.29. The quantitative estimate of drug-likeness (QED) is 0.863. The van der Waals surface area contributed by atoms with Crippen molar-refractivity contribution in [2.45, 2.75) is 58.9 Å². The predicted octanol–water partition coefficient (Wildman–Crippen LogP) is 3.35. The lowest BCUT2D eigenvalue weighted by Crippen LogP contribution is -2.54. The summed E-state index contributed by atoms with van der Waals surface area (Å²) < 4.78 is 0. The van der Waals surface area contributed by atoms with E-state index in [0.29, 0.717) is 18.2 Å². The first-order chi connectivity index (χ1) is 12.9. The number of amides is 2. The summed E-state index contributed by atoms with van der Waals surface area (Å²) in [6.45, 7) is 8.97. The number of hydrogen-bond acceptors (Lipinski definition) is 3. The maximum absolute atomic E-state index is 12.7. The van der Waals surface area contributed by atoms with E-state index in [0.717, 1.165) is 43.0 Å². The molecule has 2 aliphatic rings. The average molecular weight is 372 g/mol. The van der Waals surface area contributed by atoms with E-state index in [1.54, 1.807) is 0 Å². The molecule has 0 bridgehead atoms. The Morgan fingerprint density at radius 2 is 1.78 bits per heavy atom. The third-order valence-corrected chi connectivity index (χ3v) is 6.18. The lowest BCUT2D eigenvalue weighted by atomic mass is 10.0. The van der Waals surface area contributed by atoms with Crippen molar-refractivity contribution in [3.05, 3.63) is 29.3 Å². The van der Waals surface area contributed by atoms with E-state index in [9.17, 15) is 9.59 Å². The van der Waals surface area contributed by atoms with Crippen molar-refractivity contribution in [2.75, 3.05) is 31.5 Å². The summed E-state index contributed by atoms with van der Waals surface area (Å²) >= 11 is 0. The van der Waals surface area contributed by atoms with Gasteiger partial charge in [-0.15, -0.1) is 0 Å². The van der Waals surface area contributed by atoms with Gasteiger partial charge in [0.05, 0.1) is 6.04 Å². The Bertz CT molecular complexity index is 674. The zero-order valence-electron chi connectivity index (χ0n) is 17.0. The highest BCUT2D eigenvalue weighted by atomic mass is 16.2. The second-order valence-electron chi connectivity index (χ2n) is 8.25. The van der Waals surface area contributed by atoms with Crippen molar-refractivity contribution >= 4 is 17.5 Å². The number of rotatable bonds is 5. The number of hydrogen-bond donors (Lipinski definition) is 1. The molecule has 1 aromatic carbocycles. The monoisotopic (exact) mass is 371 g/mol. The molecule has 3 rings (SSSR count). The summed E-state index contributed by atoms with van der Waals surface area (Å²) in [7, 11) is 0. The minimum absolute atomic E-state index is 0.0226. The fourth-order valence-corrected chi connectivity index (χ4v) is 4.22. The molecule has 2 amide bonds. The van der Waals surface area contributed by atoms with E-state index in [4.69, 9.17) is 0 Å². The first-order valence-electron chi connectivity index (χ1n) is 10.3. The minimum atomic E-state index is -0.197. The van der Waals surface area contributed by atoms with Gasteiger partial charge in [-0.2, -0.15) is 0 Å². The molecule has 1 saturated heterocycles. The largest absolute Gasteiger partial charge is 0.340 e. The third-order valence-electron chi connectivity index (χ3n) is 6.18. The molecule has 1 aromatic rings. The topological polar surface area (TPSA) is 52.7 Å². The fourth-order valence-electron chi connectivity index (χ4n) is 4.22. The SMILES string of the molecule is Cc1ccc(C)c(NC(=O)[C@@H](C)N2CCN(C(=O)CC3CCCC3)CC2)c1. The molecule has 0 aromatic heterocycles. The van der Waals surface area contributed by atoms with Crippen LogP contribution in [0.15, 0.2) is 18.2 Å². The molecule has 0 unspecified atom stereocenters. The van der Waals surface area contributed by atoms with E-state index in [1.807, 2.05) is 37.8 Å². The van der Waals surface area contributed by atoms with Crippen molar-refractivity contribution in [1.82, 2.24) is 9.80 Å². The number of nitrogens with one attached hydrogen (secondary N) is 1. The van der Waals surface area contributed by atoms with E-state index in [2.05, 4.69) is 16.3 Å². The van der Waals surface area contributed by atoms with Gasteiger partial charge in [-0.25, -0.2) is 0 Å². The number of benzene rings is 1. The highest BCUT2D eigenvalue weighted by Crippen LogP contribution is 2.28. The molecular formula is C22H33N3O2. The van der Waals surface area contributed by atoms with E-state index in [1.165, 1.54) is 25.7 Å². The van der Waals surface area contributed by atoms with Gasteiger partial charge in [0, 0.05) is 38.3 Å². The first kappa shape index (κ1) is 19.9. The van der Waals surface area contributed by atoms with Gasteiger partial charge in [0.25, 0.3) is 0 Å². The molecule has 0 radical (unpaired) electrons. The maximum Gasteiger partial charge on any atom is 0.241 e. The number of carbonyl (C=O) groups is 2. The molecule has 148 valence electrons. The average Bonchev–Trinajstić information content (AvgIpc) is 3.17. The number of nitrogens with zero attached hydrogens (tertiary/aromatic N) is 2. The van der Waals surface area contributed by atoms with Gasteiger partial charge in [-0.05, 0) is 56.7 Å². The summed E-state index contributed by atoms with van der Waals surface area (Å²) in [5, 5.41) is 3.07. The van der Waals surface area contributed by atoms with Gasteiger partial charge in [-0.3, -0.25) is 14.5 Å². The van der Waals surface area contributed by atoms with Crippen molar-refractivity contribution in [2.24, 2.45) is 5.92 Å². The molecule has 1 N–H and O–H groups in total. The first-order valence-corrected chi connectivity index (χ1v) is 10.3. The fraction of sp³-hybridized carbons (Fsp3) is 0.636. The molecule has 1 saturated carbocycles. The van der Waals surface area contributed by atoms with Gasteiger partial charge < -0.3 is 10.2 Å². The van der Waals surface area contributed by atoms with Crippen LogP contribution in [0, 0.1) is 19.8 Å². The standard InChI is InChI=1S/C22H33N3O2/c1-16-8-9-17(2)20(14-16)23-22(27)18(3)24-10-12-25(13-11-24)21(26)15-19-6-4-5-7-19/h8-9,14,18-19H,4-7,10-13,15H2,1-3H3,(H,23,27)/t18-/m1/s1. The van der Waals surface area contributed by atoms with E-state index >= 15 is 0 Å². The molecule has 1 aliphatic carbocycles. The highest BCUT2D eigenvalue weighted by molar-refractivity contribution is 5.95. The molecular weight excluding hydrogens is 338 g/mol. The summed E-state index contributed by atoms with van der Waals surface area (Å²) in [5.74, 6) is 0.918. The number of aryl methyl sites for hydroxylation is 2. The van der Waals surface area contributed by atoms with Crippen molar-refractivity contribution < 1.29 is 9.59 Å². The van der Waals surface area contributed by atoms with E-state index in [-0.39, 0.29) is 11.9 Å². The molecule has 27 heavy (non-hydrogen) atoms. The Balaban J connectivity index is 1.48. The number of carbonyl (C=O) groups excluding carboxylic acids is 2. The van der Waals surface area contributed by atoms with Gasteiger partial charge in [0.15, 0.2) is 0 Å². The normalized spacial score (nSPS) is 19.9. The molecule has 0 spiro atoms. The van der Waals surface area contributed by atoms with Crippen LogP contribution >= 0.6 is 0 Å². The minimum Gasteiger partial charge on any atom is -0.340 e. The van der Waals surface area contributed by atoms with Crippen LogP contribution in [0.2, 0.25) is 0 Å². The van der Waals surface area contributed by atoms with E-state index < -0.39 is 0 Å². The smallest absolute Gasteiger partial charge is 0.241 e. The van der Waals surface area contributed by atoms with Gasteiger partial charge in [0.2, 0.25) is 11.8 Å². The summed E-state index contributed by atoms with van der Waals surface area (Å²) in [6.07, 6.45) is 5.68. The number of anilines is 1. The summed E-state index contributed by atoms with van der Waals surface area (Å²) in [5.41, 5.74) is 3.10. The second-order valence-corrected chi connectivity index (χ2v) is 8.25. The zero-order valence-corrected chi connectivity index (χ0v) is 17.0. The Labute approximate surface area is 163 Å². The third kappa shape index (κ3) is 5.10. The van der Waals surface area contributed by atoms with Crippen LogP contribution in [0.4, 0.5) is 5.69 Å². The molecule has 5 nitrogen and oxygen atoms in total. The van der Waals surface area contributed by atoms with Crippen LogP contribution in [-0.2, 0) is 9.59 Å². The van der Waals surface area contributed by atoms with Crippen molar-refractivity contribution in [3.63, 3.8) is 0 Å².